The number of hydrogen-bond acceptors (Lipinski definition) is 5. The third-order valence-corrected chi connectivity index (χ3v) is 4.94. The van der Waals surface area contributed by atoms with Gasteiger partial charge in [0.05, 0.1) is 11.9 Å². The summed E-state index contributed by atoms with van der Waals surface area (Å²) in [6.07, 6.45) is 0.893. The SMILES string of the molecule is CC(C)CC(NS(=O)(=O)c1ccc(NS(C)(=O)=O)cc1F)C(=O)O. The van der Waals surface area contributed by atoms with Gasteiger partial charge in [0.1, 0.15) is 16.8 Å². The molecule has 0 saturated carbocycles. The van der Waals surface area contributed by atoms with Crippen LogP contribution >= 0.6 is 0 Å². The number of carbonyl (C=O) groups is 1. The lowest BCUT2D eigenvalue weighted by Gasteiger charge is -2.17. The summed E-state index contributed by atoms with van der Waals surface area (Å²) < 4.78 is 64.5. The van der Waals surface area contributed by atoms with E-state index in [1.807, 2.05) is 9.44 Å². The van der Waals surface area contributed by atoms with E-state index in [4.69, 9.17) is 5.11 Å². The molecule has 0 amide bonds. The Hall–Kier alpha value is -1.72. The van der Waals surface area contributed by atoms with Crippen molar-refractivity contribution in [3.05, 3.63) is 24.0 Å². The Labute approximate surface area is 140 Å². The van der Waals surface area contributed by atoms with Crippen LogP contribution in [-0.4, -0.2) is 40.2 Å². The molecule has 0 radical (unpaired) electrons. The summed E-state index contributed by atoms with van der Waals surface area (Å²) in [6, 6.07) is 1.23. The predicted molar refractivity (Wildman–Crippen MR) is 86.1 cm³/mol. The number of hydrogen-bond donors (Lipinski definition) is 3. The fourth-order valence-electron chi connectivity index (χ4n) is 1.92. The van der Waals surface area contributed by atoms with E-state index < -0.39 is 42.8 Å². The fraction of sp³-hybridized carbons (Fsp3) is 0.462. The minimum absolute atomic E-state index is 0.0316. The summed E-state index contributed by atoms with van der Waals surface area (Å²) in [5, 5.41) is 9.08. The summed E-state index contributed by atoms with van der Waals surface area (Å²) in [6.45, 7) is 3.44. The van der Waals surface area contributed by atoms with Crippen LogP contribution in [0.4, 0.5) is 10.1 Å². The van der Waals surface area contributed by atoms with Gasteiger partial charge in [0, 0.05) is 0 Å². The Morgan fingerprint density at radius 3 is 2.25 bits per heavy atom. The average Bonchev–Trinajstić information content (AvgIpc) is 2.34. The first-order valence-corrected chi connectivity index (χ1v) is 10.2. The first kappa shape index (κ1) is 20.3. The van der Waals surface area contributed by atoms with Gasteiger partial charge in [0.2, 0.25) is 20.0 Å². The molecule has 0 bridgehead atoms. The zero-order valence-corrected chi connectivity index (χ0v) is 14.9. The Morgan fingerprint density at radius 2 is 1.83 bits per heavy atom. The van der Waals surface area contributed by atoms with Gasteiger partial charge in [0.25, 0.3) is 0 Å². The lowest BCUT2D eigenvalue weighted by atomic mass is 10.1. The van der Waals surface area contributed by atoms with Crippen molar-refractivity contribution in [2.45, 2.75) is 31.2 Å². The van der Waals surface area contributed by atoms with Crippen LogP contribution in [0.2, 0.25) is 0 Å². The molecule has 8 nitrogen and oxygen atoms in total. The van der Waals surface area contributed by atoms with Crippen molar-refractivity contribution in [3.8, 4) is 0 Å². The fourth-order valence-corrected chi connectivity index (χ4v) is 3.73. The van der Waals surface area contributed by atoms with Gasteiger partial charge < -0.3 is 5.11 Å². The second kappa shape index (κ2) is 7.45. The van der Waals surface area contributed by atoms with E-state index in [2.05, 4.69) is 0 Å². The highest BCUT2D eigenvalue weighted by atomic mass is 32.2. The Bertz CT molecular complexity index is 821. The second-order valence-electron chi connectivity index (χ2n) is 5.66. The van der Waals surface area contributed by atoms with Crippen LogP contribution in [0.5, 0.6) is 0 Å². The highest BCUT2D eigenvalue weighted by Crippen LogP contribution is 2.20. The molecule has 0 heterocycles. The number of rotatable bonds is 8. The maximum Gasteiger partial charge on any atom is 0.321 e. The molecule has 3 N–H and O–H groups in total. The van der Waals surface area contributed by atoms with E-state index in [-0.39, 0.29) is 18.0 Å². The van der Waals surface area contributed by atoms with Crippen LogP contribution in [0.25, 0.3) is 0 Å². The first-order valence-electron chi connectivity index (χ1n) is 6.84. The minimum atomic E-state index is -4.42. The van der Waals surface area contributed by atoms with Crippen LogP contribution in [-0.2, 0) is 24.8 Å². The van der Waals surface area contributed by atoms with E-state index in [1.54, 1.807) is 13.8 Å². The third-order valence-electron chi connectivity index (χ3n) is 2.83. The van der Waals surface area contributed by atoms with Crippen LogP contribution < -0.4 is 9.44 Å². The molecule has 11 heteroatoms. The number of nitrogens with one attached hydrogen (secondary N) is 2. The van der Waals surface area contributed by atoms with Crippen molar-refractivity contribution in [2.24, 2.45) is 5.92 Å². The van der Waals surface area contributed by atoms with E-state index >= 15 is 0 Å². The molecule has 1 aromatic rings. The highest BCUT2D eigenvalue weighted by Gasteiger charge is 2.28. The molecule has 0 aliphatic carbocycles. The zero-order chi connectivity index (χ0) is 18.7. The largest absolute Gasteiger partial charge is 0.480 e. The van der Waals surface area contributed by atoms with Gasteiger partial charge >= 0.3 is 5.97 Å². The van der Waals surface area contributed by atoms with Crippen LogP contribution in [0, 0.1) is 11.7 Å². The number of carboxylic acid groups (broad SMARTS) is 1. The Balaban J connectivity index is 3.12. The number of anilines is 1. The molecule has 1 unspecified atom stereocenters. The van der Waals surface area contributed by atoms with E-state index in [0.717, 1.165) is 18.4 Å². The summed E-state index contributed by atoms with van der Waals surface area (Å²) in [4.78, 5) is 10.4. The first-order chi connectivity index (χ1) is 10.8. The van der Waals surface area contributed by atoms with Gasteiger partial charge in [-0.15, -0.1) is 0 Å². The number of benzene rings is 1. The molecular formula is C13H19FN2O6S2. The number of carboxylic acids is 1. The average molecular weight is 382 g/mol. The quantitative estimate of drug-likeness (QED) is 0.614. The lowest BCUT2D eigenvalue weighted by Crippen LogP contribution is -2.41. The van der Waals surface area contributed by atoms with Gasteiger partial charge in [0.15, 0.2) is 0 Å². The molecular weight excluding hydrogens is 363 g/mol. The molecule has 0 aromatic heterocycles. The summed E-state index contributed by atoms with van der Waals surface area (Å²) in [5.74, 6) is -2.67. The molecule has 24 heavy (non-hydrogen) atoms. The van der Waals surface area contributed by atoms with Crippen LogP contribution in [0.1, 0.15) is 20.3 Å². The molecule has 0 fully saturated rings. The Kier molecular flexibility index (Phi) is 6.31. The molecule has 1 atom stereocenters. The Morgan fingerprint density at radius 1 is 1.25 bits per heavy atom. The lowest BCUT2D eigenvalue weighted by molar-refractivity contribution is -0.139. The van der Waals surface area contributed by atoms with Crippen LogP contribution in [0.15, 0.2) is 23.1 Å². The highest BCUT2D eigenvalue weighted by molar-refractivity contribution is 7.92. The number of sulfonamides is 2. The maximum atomic E-state index is 14.0. The third kappa shape index (κ3) is 6.06. The molecule has 0 aliphatic rings. The van der Waals surface area contributed by atoms with E-state index in [0.29, 0.717) is 6.07 Å². The number of halogens is 1. The van der Waals surface area contributed by atoms with Crippen molar-refractivity contribution < 1.29 is 31.1 Å². The van der Waals surface area contributed by atoms with Gasteiger partial charge in [-0.05, 0) is 30.5 Å². The van der Waals surface area contributed by atoms with Gasteiger partial charge in [-0.25, -0.2) is 21.2 Å². The predicted octanol–water partition coefficient (Wildman–Crippen LogP) is 0.975. The van der Waals surface area contributed by atoms with Crippen molar-refractivity contribution in [2.75, 3.05) is 11.0 Å². The van der Waals surface area contributed by atoms with Crippen molar-refractivity contribution in [3.63, 3.8) is 0 Å². The molecule has 1 aromatic carbocycles. The number of aliphatic carboxylic acids is 1. The van der Waals surface area contributed by atoms with Gasteiger partial charge in [-0.1, -0.05) is 13.8 Å². The van der Waals surface area contributed by atoms with Crippen LogP contribution in [0.3, 0.4) is 0 Å². The molecule has 0 aliphatic heterocycles. The molecule has 136 valence electrons. The standard InChI is InChI=1S/C13H19FN2O6S2/c1-8(2)6-11(13(17)18)16-24(21,22)12-5-4-9(7-10(12)14)15-23(3,19)20/h4-5,7-8,11,15-16H,6H2,1-3H3,(H,17,18). The zero-order valence-electron chi connectivity index (χ0n) is 13.3. The normalized spacial score (nSPS) is 13.7. The monoisotopic (exact) mass is 382 g/mol. The second-order valence-corrected chi connectivity index (χ2v) is 9.09. The summed E-state index contributed by atoms with van der Waals surface area (Å²) in [5.41, 5.74) is -0.147. The molecule has 0 saturated heterocycles. The smallest absolute Gasteiger partial charge is 0.321 e. The molecule has 1 rings (SSSR count). The maximum absolute atomic E-state index is 14.0. The summed E-state index contributed by atoms with van der Waals surface area (Å²) >= 11 is 0. The van der Waals surface area contributed by atoms with E-state index in [9.17, 15) is 26.0 Å². The molecule has 0 spiro atoms. The van der Waals surface area contributed by atoms with Crippen molar-refractivity contribution in [1.29, 1.82) is 0 Å². The van der Waals surface area contributed by atoms with E-state index in [1.165, 1.54) is 0 Å². The summed E-state index contributed by atoms with van der Waals surface area (Å²) in [7, 11) is -8.07. The minimum Gasteiger partial charge on any atom is -0.480 e. The van der Waals surface area contributed by atoms with Crippen molar-refractivity contribution >= 4 is 31.7 Å². The topological polar surface area (TPSA) is 130 Å². The van der Waals surface area contributed by atoms with Crippen molar-refractivity contribution in [1.82, 2.24) is 4.72 Å². The van der Waals surface area contributed by atoms with Gasteiger partial charge in [-0.2, -0.15) is 4.72 Å². The van der Waals surface area contributed by atoms with Gasteiger partial charge in [-0.3, -0.25) is 9.52 Å².